The van der Waals surface area contributed by atoms with Gasteiger partial charge in [-0.1, -0.05) is 184 Å². The minimum atomic E-state index is -0.436. The lowest BCUT2D eigenvalue weighted by atomic mass is 9.70. The fourth-order valence-electron chi connectivity index (χ4n) is 12.4. The van der Waals surface area contributed by atoms with Crippen LogP contribution >= 0.6 is 0 Å². The molecule has 2 nitrogen and oxygen atoms in total. The molecule has 2 heteroatoms. The molecule has 3 aliphatic rings. The molecule has 3 aliphatic carbocycles. The van der Waals surface area contributed by atoms with Gasteiger partial charge in [0.05, 0.1) is 22.1 Å². The third-order valence-electron chi connectivity index (χ3n) is 15.2. The van der Waals surface area contributed by atoms with Gasteiger partial charge in [0.15, 0.2) is 0 Å². The largest absolute Gasteiger partial charge is 0.310 e. The summed E-state index contributed by atoms with van der Waals surface area (Å²) >= 11 is 0. The molecule has 0 amide bonds. The zero-order chi connectivity index (χ0) is 43.7. The van der Waals surface area contributed by atoms with E-state index in [-0.39, 0.29) is 5.41 Å². The van der Waals surface area contributed by atoms with E-state index in [2.05, 4.69) is 254 Å². The molecule has 0 unspecified atom stereocenters. The van der Waals surface area contributed by atoms with Crippen LogP contribution in [-0.4, -0.2) is 4.57 Å². The highest BCUT2D eigenvalue weighted by Gasteiger charge is 2.52. The Bertz CT molecular complexity index is 3750. The van der Waals surface area contributed by atoms with Gasteiger partial charge in [0.25, 0.3) is 0 Å². The van der Waals surface area contributed by atoms with Gasteiger partial charge in [-0.05, 0) is 133 Å². The van der Waals surface area contributed by atoms with Crippen LogP contribution in [0.15, 0.2) is 231 Å². The van der Waals surface area contributed by atoms with Crippen molar-refractivity contribution in [3.63, 3.8) is 0 Å². The van der Waals surface area contributed by atoms with E-state index in [9.17, 15) is 0 Å². The van der Waals surface area contributed by atoms with Gasteiger partial charge in [0.1, 0.15) is 0 Å². The molecule has 0 aliphatic heterocycles. The Morgan fingerprint density at radius 3 is 1.61 bits per heavy atom. The molecule has 0 fully saturated rings. The number of para-hydroxylation sites is 2. The number of hydrogen-bond acceptors (Lipinski definition) is 1. The van der Waals surface area contributed by atoms with Crippen molar-refractivity contribution >= 4 is 38.9 Å². The molecular formula is C64H44N2. The molecule has 1 spiro atoms. The number of benzene rings is 10. The zero-order valence-corrected chi connectivity index (χ0v) is 36.8. The highest BCUT2D eigenvalue weighted by atomic mass is 15.1. The number of hydrogen-bond donors (Lipinski definition) is 0. The smallest absolute Gasteiger partial charge is 0.0726 e. The molecule has 10 aromatic carbocycles. The van der Waals surface area contributed by atoms with Crippen molar-refractivity contribution in [2.45, 2.75) is 24.7 Å². The van der Waals surface area contributed by atoms with Crippen LogP contribution in [0.3, 0.4) is 0 Å². The second-order valence-electron chi connectivity index (χ2n) is 18.8. The highest BCUT2D eigenvalue weighted by Crippen LogP contribution is 2.65. The topological polar surface area (TPSA) is 8.17 Å². The number of anilines is 3. The van der Waals surface area contributed by atoms with E-state index in [4.69, 9.17) is 0 Å². The molecule has 0 bridgehead atoms. The van der Waals surface area contributed by atoms with Crippen molar-refractivity contribution in [3.05, 3.63) is 264 Å². The summed E-state index contributed by atoms with van der Waals surface area (Å²) < 4.78 is 2.38. The molecule has 1 aromatic heterocycles. The summed E-state index contributed by atoms with van der Waals surface area (Å²) in [7, 11) is 0. The van der Waals surface area contributed by atoms with Gasteiger partial charge in [0.2, 0.25) is 0 Å². The first-order valence-corrected chi connectivity index (χ1v) is 23.2. The summed E-state index contributed by atoms with van der Waals surface area (Å²) in [5.41, 5.74) is 24.8. The van der Waals surface area contributed by atoms with E-state index >= 15 is 0 Å². The number of fused-ring (bicyclic) bond motifs is 16. The molecule has 1 heterocycles. The molecule has 0 atom stereocenters. The highest BCUT2D eigenvalue weighted by molar-refractivity contribution is 6.10. The van der Waals surface area contributed by atoms with Gasteiger partial charge in [0, 0.05) is 38.8 Å². The van der Waals surface area contributed by atoms with Crippen molar-refractivity contribution < 1.29 is 0 Å². The standard InChI is InChI=1S/C64H44N2/c1-63(2)53-24-11-6-19-46(53)49-37-36-45(40-58(49)63)65(44-34-31-41(32-35-44)42-33-38-60-52(39-42)50-22-10-15-29-59(50)66(60)43-17-4-3-5-18-43)61-30-16-28-57-62(61)51-23-9-14-27-56(51)64(57)54-25-12-7-20-47(54)48-21-8-13-26-55(48)64/h3-40H,1-2H3. The first kappa shape index (κ1) is 37.2. The first-order valence-electron chi connectivity index (χ1n) is 23.2. The van der Waals surface area contributed by atoms with Gasteiger partial charge >= 0.3 is 0 Å². The van der Waals surface area contributed by atoms with Gasteiger partial charge in [-0.2, -0.15) is 0 Å². The molecule has 0 saturated heterocycles. The van der Waals surface area contributed by atoms with Crippen LogP contribution in [0.1, 0.15) is 47.2 Å². The van der Waals surface area contributed by atoms with E-state index in [1.807, 2.05) is 0 Å². The SMILES string of the molecule is CC1(C)c2ccccc2-c2ccc(N(c3ccc(-c4ccc5c(c4)c4ccccc4n5-c4ccccc4)cc3)c3cccc4c3-c3ccccc3C43c4ccccc4-c4ccccc43)cc21. The van der Waals surface area contributed by atoms with E-state index < -0.39 is 5.41 Å². The Kier molecular flexibility index (Phi) is 7.70. The van der Waals surface area contributed by atoms with Gasteiger partial charge in [-0.15, -0.1) is 0 Å². The Balaban J connectivity index is 0.973. The summed E-state index contributed by atoms with van der Waals surface area (Å²) in [5, 5.41) is 2.51. The predicted octanol–water partition coefficient (Wildman–Crippen LogP) is 16.6. The fraction of sp³-hybridized carbons (Fsp3) is 0.0625. The van der Waals surface area contributed by atoms with Crippen molar-refractivity contribution in [3.8, 4) is 50.2 Å². The van der Waals surface area contributed by atoms with Crippen LogP contribution in [0, 0.1) is 0 Å². The summed E-state index contributed by atoms with van der Waals surface area (Å²) in [5.74, 6) is 0. The Labute approximate surface area is 385 Å². The molecular weight excluding hydrogens is 797 g/mol. The lowest BCUT2D eigenvalue weighted by molar-refractivity contribution is 0.660. The predicted molar refractivity (Wildman–Crippen MR) is 275 cm³/mol. The summed E-state index contributed by atoms with van der Waals surface area (Å²) in [4.78, 5) is 2.53. The van der Waals surface area contributed by atoms with E-state index in [1.54, 1.807) is 0 Å². The third kappa shape index (κ3) is 4.91. The lowest BCUT2D eigenvalue weighted by Gasteiger charge is -2.32. The van der Waals surface area contributed by atoms with Crippen molar-refractivity contribution in [2.24, 2.45) is 0 Å². The van der Waals surface area contributed by atoms with Crippen molar-refractivity contribution in [2.75, 3.05) is 4.90 Å². The Hall–Kier alpha value is -8.20. The average Bonchev–Trinajstić information content (AvgIpc) is 4.05. The van der Waals surface area contributed by atoms with Crippen molar-refractivity contribution in [1.82, 2.24) is 4.57 Å². The van der Waals surface area contributed by atoms with Crippen LogP contribution < -0.4 is 4.90 Å². The van der Waals surface area contributed by atoms with E-state index in [1.165, 1.54) is 111 Å². The maximum Gasteiger partial charge on any atom is 0.0726 e. The Morgan fingerprint density at radius 2 is 0.879 bits per heavy atom. The van der Waals surface area contributed by atoms with Crippen LogP contribution in [0.4, 0.5) is 17.1 Å². The second kappa shape index (κ2) is 13.7. The number of rotatable bonds is 5. The maximum absolute atomic E-state index is 2.53. The summed E-state index contributed by atoms with van der Waals surface area (Å²) in [6, 6.07) is 86.2. The molecule has 310 valence electrons. The average molecular weight is 841 g/mol. The van der Waals surface area contributed by atoms with Gasteiger partial charge in [-0.25, -0.2) is 0 Å². The maximum atomic E-state index is 2.53. The fourth-order valence-corrected chi connectivity index (χ4v) is 12.4. The molecule has 0 saturated carbocycles. The minimum Gasteiger partial charge on any atom is -0.310 e. The van der Waals surface area contributed by atoms with E-state index in [0.29, 0.717) is 0 Å². The number of aromatic nitrogens is 1. The van der Waals surface area contributed by atoms with Crippen molar-refractivity contribution in [1.29, 1.82) is 0 Å². The third-order valence-corrected chi connectivity index (χ3v) is 15.2. The molecule has 0 N–H and O–H groups in total. The Morgan fingerprint density at radius 1 is 0.348 bits per heavy atom. The summed E-state index contributed by atoms with van der Waals surface area (Å²) in [6.45, 7) is 4.76. The van der Waals surface area contributed by atoms with Gasteiger partial charge < -0.3 is 9.47 Å². The zero-order valence-electron chi connectivity index (χ0n) is 36.8. The van der Waals surface area contributed by atoms with Crippen LogP contribution in [0.2, 0.25) is 0 Å². The number of nitrogens with zero attached hydrogens (tertiary/aromatic N) is 2. The summed E-state index contributed by atoms with van der Waals surface area (Å²) in [6.07, 6.45) is 0. The van der Waals surface area contributed by atoms with Crippen LogP contribution in [0.25, 0.3) is 72.0 Å². The normalized spacial score (nSPS) is 14.2. The monoisotopic (exact) mass is 840 g/mol. The van der Waals surface area contributed by atoms with Gasteiger partial charge in [-0.3, -0.25) is 0 Å². The second-order valence-corrected chi connectivity index (χ2v) is 18.8. The molecule has 11 aromatic rings. The van der Waals surface area contributed by atoms with Crippen LogP contribution in [0.5, 0.6) is 0 Å². The molecule has 66 heavy (non-hydrogen) atoms. The molecule has 0 radical (unpaired) electrons. The minimum absolute atomic E-state index is 0.147. The molecule has 14 rings (SSSR count). The van der Waals surface area contributed by atoms with E-state index in [0.717, 1.165) is 11.4 Å². The quantitative estimate of drug-likeness (QED) is 0.168. The lowest BCUT2D eigenvalue weighted by Crippen LogP contribution is -2.26. The first-order chi connectivity index (χ1) is 32.5. The van der Waals surface area contributed by atoms with Crippen LogP contribution in [-0.2, 0) is 10.8 Å².